The molecule has 1 aromatic rings. The molecule has 1 fully saturated rings. The molecule has 0 bridgehead atoms. The maximum Gasteiger partial charge on any atom is 0.397 e. The average Bonchev–Trinajstić information content (AvgIpc) is 2.82. The Morgan fingerprint density at radius 2 is 2.20 bits per heavy atom. The molecule has 1 aliphatic rings. The number of halogens is 3. The van der Waals surface area contributed by atoms with Gasteiger partial charge in [0.25, 0.3) is 0 Å². The van der Waals surface area contributed by atoms with E-state index < -0.39 is 11.6 Å². The van der Waals surface area contributed by atoms with Gasteiger partial charge in [-0.15, -0.1) is 5.10 Å². The second-order valence-electron chi connectivity index (χ2n) is 3.89. The molecule has 2 rings (SSSR count). The summed E-state index contributed by atoms with van der Waals surface area (Å²) in [5.41, 5.74) is -1.62. The molecule has 15 heavy (non-hydrogen) atoms. The Labute approximate surface area is 84.8 Å². The highest BCUT2D eigenvalue weighted by atomic mass is 19.4. The molecule has 1 saturated carbocycles. The Morgan fingerprint density at radius 1 is 1.53 bits per heavy atom. The summed E-state index contributed by atoms with van der Waals surface area (Å²) >= 11 is 0. The molecule has 0 saturated heterocycles. The van der Waals surface area contributed by atoms with E-state index in [0.717, 1.165) is 0 Å². The van der Waals surface area contributed by atoms with Crippen molar-refractivity contribution in [1.29, 1.82) is 0 Å². The molecule has 6 heteroatoms. The molecule has 1 aromatic heterocycles. The van der Waals surface area contributed by atoms with Crippen molar-refractivity contribution in [1.82, 2.24) is 9.78 Å². The number of ether oxygens (including phenoxy) is 1. The van der Waals surface area contributed by atoms with Crippen molar-refractivity contribution < 1.29 is 17.9 Å². The predicted molar refractivity (Wildman–Crippen MR) is 46.4 cm³/mol. The van der Waals surface area contributed by atoms with Crippen LogP contribution in [0, 0.1) is 5.41 Å². The Balaban J connectivity index is 1.94. The van der Waals surface area contributed by atoms with Crippen molar-refractivity contribution in [2.24, 2.45) is 12.5 Å². The van der Waals surface area contributed by atoms with Crippen LogP contribution in [-0.4, -0.2) is 22.6 Å². The molecule has 0 aliphatic heterocycles. The zero-order valence-electron chi connectivity index (χ0n) is 8.21. The summed E-state index contributed by atoms with van der Waals surface area (Å²) in [6.45, 7) is -0.326. The van der Waals surface area contributed by atoms with E-state index in [9.17, 15) is 13.2 Å². The van der Waals surface area contributed by atoms with Crippen LogP contribution in [0.4, 0.5) is 13.2 Å². The van der Waals surface area contributed by atoms with Gasteiger partial charge in [-0.05, 0) is 12.8 Å². The van der Waals surface area contributed by atoms with Gasteiger partial charge < -0.3 is 4.74 Å². The van der Waals surface area contributed by atoms with Crippen molar-refractivity contribution in [2.45, 2.75) is 19.0 Å². The number of aryl methyl sites for hydroxylation is 1. The first-order valence-electron chi connectivity index (χ1n) is 4.62. The third-order valence-corrected chi connectivity index (χ3v) is 2.64. The summed E-state index contributed by atoms with van der Waals surface area (Å²) in [7, 11) is 1.68. The molecule has 1 heterocycles. The first-order chi connectivity index (χ1) is 6.93. The van der Waals surface area contributed by atoms with Crippen LogP contribution >= 0.6 is 0 Å². The van der Waals surface area contributed by atoms with Gasteiger partial charge >= 0.3 is 6.18 Å². The summed E-state index contributed by atoms with van der Waals surface area (Å²) in [6.07, 6.45) is -2.23. The summed E-state index contributed by atoms with van der Waals surface area (Å²) < 4.78 is 44.0. The van der Waals surface area contributed by atoms with Crippen molar-refractivity contribution >= 4 is 0 Å². The second kappa shape index (κ2) is 3.15. The van der Waals surface area contributed by atoms with Crippen molar-refractivity contribution in [3.63, 3.8) is 0 Å². The van der Waals surface area contributed by atoms with E-state index in [1.807, 2.05) is 0 Å². The summed E-state index contributed by atoms with van der Waals surface area (Å²) in [5.74, 6) is 0.244. The monoisotopic (exact) mass is 220 g/mol. The fourth-order valence-corrected chi connectivity index (χ4v) is 1.34. The van der Waals surface area contributed by atoms with Gasteiger partial charge in [0.15, 0.2) is 0 Å². The molecule has 0 amide bonds. The number of rotatable bonds is 3. The third-order valence-electron chi connectivity index (χ3n) is 2.64. The zero-order chi connectivity index (χ0) is 11.1. The number of aromatic nitrogens is 2. The normalized spacial score (nSPS) is 18.9. The van der Waals surface area contributed by atoms with Gasteiger partial charge in [-0.2, -0.15) is 13.2 Å². The van der Waals surface area contributed by atoms with Crippen LogP contribution in [0.2, 0.25) is 0 Å². The van der Waals surface area contributed by atoms with Crippen LogP contribution in [0.15, 0.2) is 12.3 Å². The van der Waals surface area contributed by atoms with Crippen LogP contribution < -0.4 is 4.74 Å². The molecule has 0 unspecified atom stereocenters. The Hall–Kier alpha value is -1.20. The molecular weight excluding hydrogens is 209 g/mol. The summed E-state index contributed by atoms with van der Waals surface area (Å²) in [6, 6.07) is 1.55. The van der Waals surface area contributed by atoms with Crippen LogP contribution in [0.1, 0.15) is 12.8 Å². The van der Waals surface area contributed by atoms with E-state index in [1.54, 1.807) is 19.3 Å². The lowest BCUT2D eigenvalue weighted by molar-refractivity contribution is -0.194. The minimum absolute atomic E-state index is 0.156. The fourth-order valence-electron chi connectivity index (χ4n) is 1.34. The van der Waals surface area contributed by atoms with Gasteiger partial charge in [-0.1, -0.05) is 0 Å². The smallest absolute Gasteiger partial charge is 0.397 e. The standard InChI is InChI=1S/C9H11F3N2O/c1-14-5-2-7(13-14)15-6-8(3-4-8)9(10,11)12/h2,5H,3-4,6H2,1H3. The molecule has 1 aliphatic carbocycles. The van der Waals surface area contributed by atoms with Gasteiger partial charge in [0.2, 0.25) is 5.88 Å². The lowest BCUT2D eigenvalue weighted by atomic mass is 10.1. The SMILES string of the molecule is Cn1ccc(OCC2(C(F)(F)F)CC2)n1. The first kappa shape index (κ1) is 10.3. The minimum atomic E-state index is -4.16. The van der Waals surface area contributed by atoms with Gasteiger partial charge in [-0.25, -0.2) is 0 Å². The largest absolute Gasteiger partial charge is 0.476 e. The first-order valence-corrected chi connectivity index (χ1v) is 4.62. The number of hydrogen-bond acceptors (Lipinski definition) is 2. The lowest BCUT2D eigenvalue weighted by Gasteiger charge is -2.18. The number of alkyl halides is 3. The third kappa shape index (κ3) is 1.93. The maximum absolute atomic E-state index is 12.5. The Bertz CT molecular complexity index is 354. The van der Waals surface area contributed by atoms with Crippen LogP contribution in [0.5, 0.6) is 5.88 Å². The molecular formula is C9H11F3N2O. The molecule has 0 aromatic carbocycles. The quantitative estimate of drug-likeness (QED) is 0.780. The topological polar surface area (TPSA) is 27.1 Å². The van der Waals surface area contributed by atoms with E-state index in [-0.39, 0.29) is 25.3 Å². The van der Waals surface area contributed by atoms with E-state index in [4.69, 9.17) is 4.74 Å². The molecule has 0 radical (unpaired) electrons. The summed E-state index contributed by atoms with van der Waals surface area (Å²) in [5, 5.41) is 3.85. The van der Waals surface area contributed by atoms with Crippen LogP contribution in [0.25, 0.3) is 0 Å². The Kier molecular flexibility index (Phi) is 2.17. The van der Waals surface area contributed by atoms with Gasteiger partial charge in [-0.3, -0.25) is 4.68 Å². The van der Waals surface area contributed by atoms with Crippen LogP contribution in [-0.2, 0) is 7.05 Å². The van der Waals surface area contributed by atoms with E-state index >= 15 is 0 Å². The van der Waals surface area contributed by atoms with E-state index in [0.29, 0.717) is 0 Å². The zero-order valence-corrected chi connectivity index (χ0v) is 8.21. The average molecular weight is 220 g/mol. The maximum atomic E-state index is 12.5. The molecule has 84 valence electrons. The predicted octanol–water partition coefficient (Wildman–Crippen LogP) is 2.14. The van der Waals surface area contributed by atoms with Crippen LogP contribution in [0.3, 0.4) is 0 Å². The minimum Gasteiger partial charge on any atom is -0.476 e. The Morgan fingerprint density at radius 3 is 2.60 bits per heavy atom. The molecule has 0 spiro atoms. The highest BCUT2D eigenvalue weighted by molar-refractivity contribution is 5.08. The number of hydrogen-bond donors (Lipinski definition) is 0. The van der Waals surface area contributed by atoms with Crippen molar-refractivity contribution in [2.75, 3.05) is 6.61 Å². The van der Waals surface area contributed by atoms with E-state index in [2.05, 4.69) is 5.10 Å². The summed E-state index contributed by atoms with van der Waals surface area (Å²) in [4.78, 5) is 0. The van der Waals surface area contributed by atoms with Crippen molar-refractivity contribution in [3.05, 3.63) is 12.3 Å². The lowest BCUT2D eigenvalue weighted by Crippen LogP contribution is -2.30. The van der Waals surface area contributed by atoms with Gasteiger partial charge in [0, 0.05) is 19.3 Å². The van der Waals surface area contributed by atoms with Crippen molar-refractivity contribution in [3.8, 4) is 5.88 Å². The van der Waals surface area contributed by atoms with E-state index in [1.165, 1.54) is 4.68 Å². The molecule has 3 nitrogen and oxygen atoms in total. The molecule has 0 N–H and O–H groups in total. The van der Waals surface area contributed by atoms with Gasteiger partial charge in [0.05, 0.1) is 0 Å². The highest BCUT2D eigenvalue weighted by Crippen LogP contribution is 2.57. The number of nitrogens with zero attached hydrogens (tertiary/aromatic N) is 2. The second-order valence-corrected chi connectivity index (χ2v) is 3.89. The fraction of sp³-hybridized carbons (Fsp3) is 0.667. The van der Waals surface area contributed by atoms with Gasteiger partial charge in [0.1, 0.15) is 12.0 Å². The molecule has 0 atom stereocenters. The highest BCUT2D eigenvalue weighted by Gasteiger charge is 2.63.